The van der Waals surface area contributed by atoms with E-state index in [9.17, 15) is 14.7 Å². The van der Waals surface area contributed by atoms with Gasteiger partial charge in [-0.1, -0.05) is 60.7 Å². The lowest BCUT2D eigenvalue weighted by Crippen LogP contribution is -2.65. The standard InChI is InChI=1S/C24H29NO7/c1-16(26)25-21-23(30-14-19-11-7-4-8-12-19)22(31-17(2)27)20(32-24(21)28)15-29-13-18-9-5-3-6-10-18/h3-12,20-24,28H,13-15H2,1-2H3,(H,25,26)/t20-,21-,22-,23-,24+/m1/s1. The number of aliphatic hydroxyl groups excluding tert-OH is 1. The number of amides is 1. The quantitative estimate of drug-likeness (QED) is 0.571. The van der Waals surface area contributed by atoms with E-state index >= 15 is 0 Å². The fourth-order valence-corrected chi connectivity index (χ4v) is 3.61. The van der Waals surface area contributed by atoms with E-state index in [0.29, 0.717) is 6.61 Å². The Bertz CT molecular complexity index is 861. The summed E-state index contributed by atoms with van der Waals surface area (Å²) in [5, 5.41) is 13.3. The Kier molecular flexibility index (Phi) is 8.75. The van der Waals surface area contributed by atoms with Gasteiger partial charge in [0.05, 0.1) is 19.8 Å². The Morgan fingerprint density at radius 2 is 1.53 bits per heavy atom. The van der Waals surface area contributed by atoms with Gasteiger partial charge >= 0.3 is 5.97 Å². The summed E-state index contributed by atoms with van der Waals surface area (Å²) in [7, 11) is 0. The monoisotopic (exact) mass is 443 g/mol. The maximum absolute atomic E-state index is 11.9. The molecule has 5 atom stereocenters. The molecule has 172 valence electrons. The molecular formula is C24H29NO7. The third-order valence-electron chi connectivity index (χ3n) is 5.02. The molecule has 0 aliphatic carbocycles. The zero-order chi connectivity index (χ0) is 22.9. The lowest BCUT2D eigenvalue weighted by Gasteiger charge is -2.44. The van der Waals surface area contributed by atoms with Crippen molar-refractivity contribution in [2.24, 2.45) is 0 Å². The van der Waals surface area contributed by atoms with Gasteiger partial charge in [-0.2, -0.15) is 0 Å². The van der Waals surface area contributed by atoms with Crippen LogP contribution >= 0.6 is 0 Å². The summed E-state index contributed by atoms with van der Waals surface area (Å²) in [6.45, 7) is 3.20. The average Bonchev–Trinajstić information content (AvgIpc) is 2.77. The second-order valence-corrected chi connectivity index (χ2v) is 7.63. The first-order valence-corrected chi connectivity index (χ1v) is 10.5. The third-order valence-corrected chi connectivity index (χ3v) is 5.02. The molecule has 3 rings (SSSR count). The number of nitrogens with one attached hydrogen (secondary N) is 1. The maximum atomic E-state index is 11.9. The Balaban J connectivity index is 1.76. The smallest absolute Gasteiger partial charge is 0.303 e. The molecule has 8 nitrogen and oxygen atoms in total. The van der Waals surface area contributed by atoms with Gasteiger partial charge in [-0.25, -0.2) is 0 Å². The van der Waals surface area contributed by atoms with Gasteiger partial charge in [-0.3, -0.25) is 9.59 Å². The van der Waals surface area contributed by atoms with E-state index in [0.717, 1.165) is 11.1 Å². The molecule has 1 amide bonds. The SMILES string of the molecule is CC(=O)N[C@@H]1[C@@H](OCc2ccccc2)[C@H](OC(C)=O)[C@@H](COCc2ccccc2)O[C@@H]1O. The number of hydrogen-bond acceptors (Lipinski definition) is 7. The van der Waals surface area contributed by atoms with Crippen molar-refractivity contribution in [3.63, 3.8) is 0 Å². The van der Waals surface area contributed by atoms with E-state index in [1.165, 1.54) is 13.8 Å². The molecule has 1 saturated heterocycles. The molecule has 32 heavy (non-hydrogen) atoms. The zero-order valence-corrected chi connectivity index (χ0v) is 18.2. The highest BCUT2D eigenvalue weighted by Gasteiger charge is 2.48. The highest BCUT2D eigenvalue weighted by Crippen LogP contribution is 2.27. The lowest BCUT2D eigenvalue weighted by molar-refractivity contribution is -0.271. The van der Waals surface area contributed by atoms with E-state index in [4.69, 9.17) is 18.9 Å². The van der Waals surface area contributed by atoms with Gasteiger partial charge in [0.15, 0.2) is 12.4 Å². The Hall–Kier alpha value is -2.78. The van der Waals surface area contributed by atoms with Crippen molar-refractivity contribution in [2.45, 2.75) is 57.7 Å². The molecule has 0 saturated carbocycles. The molecule has 1 aliphatic heterocycles. The number of carbonyl (C=O) groups is 2. The first kappa shape index (κ1) is 23.9. The van der Waals surface area contributed by atoms with Crippen molar-refractivity contribution in [1.82, 2.24) is 5.32 Å². The largest absolute Gasteiger partial charge is 0.457 e. The van der Waals surface area contributed by atoms with E-state index in [-0.39, 0.29) is 19.1 Å². The number of carbonyl (C=O) groups excluding carboxylic acids is 2. The van der Waals surface area contributed by atoms with Crippen LogP contribution in [0.5, 0.6) is 0 Å². The van der Waals surface area contributed by atoms with E-state index in [2.05, 4.69) is 5.32 Å². The summed E-state index contributed by atoms with van der Waals surface area (Å²) >= 11 is 0. The van der Waals surface area contributed by atoms with Crippen LogP contribution in [-0.2, 0) is 41.8 Å². The van der Waals surface area contributed by atoms with Gasteiger partial charge < -0.3 is 29.4 Å². The van der Waals surface area contributed by atoms with Crippen molar-refractivity contribution in [3.8, 4) is 0 Å². The van der Waals surface area contributed by atoms with E-state index in [1.54, 1.807) is 0 Å². The lowest BCUT2D eigenvalue weighted by atomic mass is 9.96. The molecule has 1 fully saturated rings. The Morgan fingerprint density at radius 3 is 2.09 bits per heavy atom. The number of rotatable bonds is 9. The zero-order valence-electron chi connectivity index (χ0n) is 18.2. The van der Waals surface area contributed by atoms with Gasteiger partial charge in [0.1, 0.15) is 18.2 Å². The fraction of sp³-hybridized carbons (Fsp3) is 0.417. The van der Waals surface area contributed by atoms with E-state index < -0.39 is 36.6 Å². The van der Waals surface area contributed by atoms with Crippen LogP contribution in [0, 0.1) is 0 Å². The van der Waals surface area contributed by atoms with Gasteiger partial charge in [0, 0.05) is 13.8 Å². The van der Waals surface area contributed by atoms with Crippen LogP contribution in [-0.4, -0.2) is 54.2 Å². The van der Waals surface area contributed by atoms with Crippen LogP contribution in [0.4, 0.5) is 0 Å². The van der Waals surface area contributed by atoms with Crippen LogP contribution in [0.1, 0.15) is 25.0 Å². The van der Waals surface area contributed by atoms with Crippen LogP contribution in [0.25, 0.3) is 0 Å². The molecule has 0 radical (unpaired) electrons. The van der Waals surface area contributed by atoms with Crippen molar-refractivity contribution >= 4 is 11.9 Å². The number of esters is 1. The Labute approximate surface area is 187 Å². The second-order valence-electron chi connectivity index (χ2n) is 7.63. The summed E-state index contributed by atoms with van der Waals surface area (Å²) in [5.74, 6) is -0.899. The van der Waals surface area contributed by atoms with E-state index in [1.807, 2.05) is 60.7 Å². The summed E-state index contributed by atoms with van der Waals surface area (Å²) in [6, 6.07) is 18.1. The molecule has 2 aromatic carbocycles. The van der Waals surface area contributed by atoms with Gasteiger partial charge in [0.2, 0.25) is 5.91 Å². The minimum absolute atomic E-state index is 0.0574. The number of aliphatic hydroxyl groups is 1. The van der Waals surface area contributed by atoms with Crippen molar-refractivity contribution in [3.05, 3.63) is 71.8 Å². The molecule has 2 N–H and O–H groups in total. The topological polar surface area (TPSA) is 103 Å². The summed E-state index contributed by atoms with van der Waals surface area (Å²) in [5.41, 5.74) is 1.87. The molecule has 0 bridgehead atoms. The van der Waals surface area contributed by atoms with Crippen LogP contribution < -0.4 is 5.32 Å². The highest BCUT2D eigenvalue weighted by molar-refractivity contribution is 5.73. The Morgan fingerprint density at radius 1 is 0.938 bits per heavy atom. The minimum Gasteiger partial charge on any atom is -0.457 e. The molecular weight excluding hydrogens is 414 g/mol. The maximum Gasteiger partial charge on any atom is 0.303 e. The molecule has 0 unspecified atom stereocenters. The molecule has 2 aromatic rings. The fourth-order valence-electron chi connectivity index (χ4n) is 3.61. The summed E-state index contributed by atoms with van der Waals surface area (Å²) < 4.78 is 23.1. The van der Waals surface area contributed by atoms with Crippen molar-refractivity contribution < 1.29 is 33.6 Å². The normalized spacial score (nSPS) is 25.2. The number of ether oxygens (including phenoxy) is 4. The van der Waals surface area contributed by atoms with Crippen LogP contribution in [0.3, 0.4) is 0 Å². The van der Waals surface area contributed by atoms with Gasteiger partial charge in [0.25, 0.3) is 0 Å². The van der Waals surface area contributed by atoms with Gasteiger partial charge in [-0.05, 0) is 11.1 Å². The molecule has 1 aliphatic rings. The van der Waals surface area contributed by atoms with Gasteiger partial charge in [-0.15, -0.1) is 0 Å². The predicted molar refractivity (Wildman–Crippen MR) is 115 cm³/mol. The number of hydrogen-bond donors (Lipinski definition) is 2. The first-order chi connectivity index (χ1) is 15.4. The summed E-state index contributed by atoms with van der Waals surface area (Å²) in [6.07, 6.45) is -3.90. The minimum atomic E-state index is -1.36. The van der Waals surface area contributed by atoms with Crippen LogP contribution in [0.15, 0.2) is 60.7 Å². The molecule has 0 aromatic heterocycles. The van der Waals surface area contributed by atoms with Crippen molar-refractivity contribution in [2.75, 3.05) is 6.61 Å². The van der Waals surface area contributed by atoms with Crippen LogP contribution in [0.2, 0.25) is 0 Å². The number of benzene rings is 2. The molecule has 1 heterocycles. The average molecular weight is 443 g/mol. The van der Waals surface area contributed by atoms with Crippen molar-refractivity contribution in [1.29, 1.82) is 0 Å². The molecule has 0 spiro atoms. The second kappa shape index (κ2) is 11.7. The summed E-state index contributed by atoms with van der Waals surface area (Å²) in [4.78, 5) is 23.6. The third kappa shape index (κ3) is 6.86. The molecule has 8 heteroatoms. The highest BCUT2D eigenvalue weighted by atomic mass is 16.7. The first-order valence-electron chi connectivity index (χ1n) is 10.5. The predicted octanol–water partition coefficient (Wildman–Crippen LogP) is 1.94.